The molecule has 1 fully saturated rings. The molecule has 0 aliphatic heterocycles. The molecule has 0 spiro atoms. The van der Waals surface area contributed by atoms with E-state index in [1.165, 1.54) is 22.6 Å². The van der Waals surface area contributed by atoms with Crippen molar-refractivity contribution in [1.29, 1.82) is 0 Å². The molecule has 18 heavy (non-hydrogen) atoms. The zero-order valence-electron chi connectivity index (χ0n) is 8.97. The third kappa shape index (κ3) is 2.18. The number of aliphatic carboxylic acids is 1. The summed E-state index contributed by atoms with van der Waals surface area (Å²) in [4.78, 5) is 22.6. The lowest BCUT2D eigenvalue weighted by Gasteiger charge is -2.11. The average Bonchev–Trinajstić information content (AvgIpc) is 3.06. The first-order valence-electron chi connectivity index (χ1n) is 5.06. The van der Waals surface area contributed by atoms with Gasteiger partial charge in [0, 0.05) is 5.69 Å². The van der Waals surface area contributed by atoms with Crippen LogP contribution in [0.1, 0.15) is 12.8 Å². The van der Waals surface area contributed by atoms with Gasteiger partial charge in [-0.25, -0.2) is 8.78 Å². The molecule has 1 aliphatic carbocycles. The van der Waals surface area contributed by atoms with Crippen LogP contribution < -0.4 is 5.32 Å². The monoisotopic (exact) mass is 367 g/mol. The number of anilines is 1. The van der Waals surface area contributed by atoms with E-state index in [1.54, 1.807) is 0 Å². The average molecular weight is 367 g/mol. The summed E-state index contributed by atoms with van der Waals surface area (Å²) in [6.07, 6.45) is 0.479. The number of hydrogen-bond donors (Lipinski definition) is 2. The van der Waals surface area contributed by atoms with Crippen LogP contribution in [-0.2, 0) is 9.59 Å². The maximum absolute atomic E-state index is 13.2. The predicted molar refractivity (Wildman–Crippen MR) is 67.0 cm³/mol. The van der Waals surface area contributed by atoms with Gasteiger partial charge in [0.1, 0.15) is 17.0 Å². The van der Waals surface area contributed by atoms with Crippen LogP contribution in [-0.4, -0.2) is 17.0 Å². The van der Waals surface area contributed by atoms with E-state index in [1.807, 2.05) is 0 Å². The summed E-state index contributed by atoms with van der Waals surface area (Å²) in [5.41, 5.74) is -1.52. The molecule has 1 amide bonds. The summed E-state index contributed by atoms with van der Waals surface area (Å²) in [5.74, 6) is -3.56. The zero-order valence-corrected chi connectivity index (χ0v) is 11.1. The molecule has 0 saturated heterocycles. The Kier molecular flexibility index (Phi) is 3.26. The molecule has 0 radical (unpaired) electrons. The van der Waals surface area contributed by atoms with Crippen LogP contribution >= 0.6 is 22.6 Å². The van der Waals surface area contributed by atoms with Crippen LogP contribution in [0.5, 0.6) is 0 Å². The zero-order chi connectivity index (χ0) is 13.5. The van der Waals surface area contributed by atoms with Crippen molar-refractivity contribution in [1.82, 2.24) is 0 Å². The predicted octanol–water partition coefficient (Wildman–Crippen LogP) is 2.37. The van der Waals surface area contributed by atoms with Crippen LogP contribution in [0.25, 0.3) is 0 Å². The molecule has 0 bridgehead atoms. The lowest BCUT2D eigenvalue weighted by atomic mass is 10.1. The van der Waals surface area contributed by atoms with Crippen molar-refractivity contribution >= 4 is 40.2 Å². The summed E-state index contributed by atoms with van der Waals surface area (Å²) >= 11 is 1.50. The van der Waals surface area contributed by atoms with E-state index in [2.05, 4.69) is 5.32 Å². The third-order valence-corrected chi connectivity index (χ3v) is 3.87. The van der Waals surface area contributed by atoms with E-state index >= 15 is 0 Å². The fourth-order valence-electron chi connectivity index (χ4n) is 1.54. The molecule has 1 aliphatic rings. The third-order valence-electron chi connectivity index (χ3n) is 2.84. The number of benzene rings is 1. The second-order valence-electron chi connectivity index (χ2n) is 4.10. The summed E-state index contributed by atoms with van der Waals surface area (Å²) in [6.45, 7) is 0. The SMILES string of the molecule is O=C(O)C1(C(=O)Nc2cc(F)c(I)c(F)c2)CC1. The van der Waals surface area contributed by atoms with E-state index in [-0.39, 0.29) is 22.1 Å². The van der Waals surface area contributed by atoms with Crippen LogP contribution in [0.4, 0.5) is 14.5 Å². The summed E-state index contributed by atoms with van der Waals surface area (Å²) in [5, 5.41) is 11.1. The molecular formula is C11H8F2INO3. The fraction of sp³-hybridized carbons (Fsp3) is 0.273. The molecule has 1 aromatic rings. The quantitative estimate of drug-likeness (QED) is 0.490. The Bertz CT molecular complexity index is 520. The molecule has 96 valence electrons. The molecule has 0 aromatic heterocycles. The summed E-state index contributed by atoms with van der Waals surface area (Å²) < 4.78 is 26.3. The van der Waals surface area contributed by atoms with Crippen molar-refractivity contribution in [3.63, 3.8) is 0 Å². The maximum Gasteiger partial charge on any atom is 0.319 e. The standard InChI is InChI=1S/C11H8F2INO3/c12-6-3-5(4-7(13)8(6)14)15-9(16)11(1-2-11)10(17)18/h3-4H,1-2H2,(H,15,16)(H,17,18). The highest BCUT2D eigenvalue weighted by Gasteiger charge is 2.57. The smallest absolute Gasteiger partial charge is 0.319 e. The van der Waals surface area contributed by atoms with Crippen molar-refractivity contribution < 1.29 is 23.5 Å². The van der Waals surface area contributed by atoms with Gasteiger partial charge < -0.3 is 10.4 Å². The van der Waals surface area contributed by atoms with Crippen molar-refractivity contribution in [2.24, 2.45) is 5.41 Å². The molecule has 0 atom stereocenters. The number of amides is 1. The molecule has 0 unspecified atom stereocenters. The van der Waals surface area contributed by atoms with Crippen LogP contribution in [0.3, 0.4) is 0 Å². The van der Waals surface area contributed by atoms with Gasteiger partial charge in [-0.15, -0.1) is 0 Å². The van der Waals surface area contributed by atoms with Gasteiger partial charge in [-0.05, 0) is 47.6 Å². The van der Waals surface area contributed by atoms with Crippen molar-refractivity contribution in [3.8, 4) is 0 Å². The number of carbonyl (C=O) groups is 2. The van der Waals surface area contributed by atoms with Gasteiger partial charge in [-0.3, -0.25) is 9.59 Å². The summed E-state index contributed by atoms with van der Waals surface area (Å²) in [7, 11) is 0. The van der Waals surface area contributed by atoms with Crippen molar-refractivity contribution in [3.05, 3.63) is 27.3 Å². The Morgan fingerprint density at radius 2 is 1.78 bits per heavy atom. The number of rotatable bonds is 3. The normalized spacial score (nSPS) is 16.2. The van der Waals surface area contributed by atoms with E-state index in [4.69, 9.17) is 5.11 Å². The lowest BCUT2D eigenvalue weighted by Crippen LogP contribution is -2.31. The highest BCUT2D eigenvalue weighted by atomic mass is 127. The van der Waals surface area contributed by atoms with Gasteiger partial charge >= 0.3 is 5.97 Å². The number of hydrogen-bond acceptors (Lipinski definition) is 2. The number of nitrogens with one attached hydrogen (secondary N) is 1. The van der Waals surface area contributed by atoms with E-state index in [9.17, 15) is 18.4 Å². The van der Waals surface area contributed by atoms with E-state index in [0.29, 0.717) is 0 Å². The molecule has 4 nitrogen and oxygen atoms in total. The minimum absolute atomic E-state index is 0.0806. The lowest BCUT2D eigenvalue weighted by molar-refractivity contribution is -0.147. The molecule has 2 N–H and O–H groups in total. The minimum atomic E-state index is -1.43. The number of carbonyl (C=O) groups excluding carboxylic acids is 1. The Hall–Kier alpha value is -1.25. The molecular weight excluding hydrogens is 359 g/mol. The first-order valence-corrected chi connectivity index (χ1v) is 6.14. The summed E-state index contributed by atoms with van der Waals surface area (Å²) in [6, 6.07) is 1.92. The van der Waals surface area contributed by atoms with E-state index < -0.39 is 28.9 Å². The van der Waals surface area contributed by atoms with E-state index in [0.717, 1.165) is 12.1 Å². The first kappa shape index (κ1) is 13.2. The second kappa shape index (κ2) is 4.45. The van der Waals surface area contributed by atoms with Gasteiger partial charge in [-0.2, -0.15) is 0 Å². The minimum Gasteiger partial charge on any atom is -0.480 e. The molecule has 0 heterocycles. The van der Waals surface area contributed by atoms with Gasteiger partial charge in [0.15, 0.2) is 0 Å². The Labute approximate surface area is 115 Å². The number of halogens is 3. The number of carboxylic acid groups (broad SMARTS) is 1. The molecule has 2 rings (SSSR count). The second-order valence-corrected chi connectivity index (χ2v) is 5.17. The van der Waals surface area contributed by atoms with Crippen molar-refractivity contribution in [2.45, 2.75) is 12.8 Å². The van der Waals surface area contributed by atoms with Gasteiger partial charge in [0.25, 0.3) is 0 Å². The highest BCUT2D eigenvalue weighted by molar-refractivity contribution is 14.1. The van der Waals surface area contributed by atoms with Gasteiger partial charge in [-0.1, -0.05) is 0 Å². The van der Waals surface area contributed by atoms with Crippen LogP contribution in [0, 0.1) is 20.6 Å². The Morgan fingerprint density at radius 1 is 1.28 bits per heavy atom. The molecule has 1 saturated carbocycles. The largest absolute Gasteiger partial charge is 0.480 e. The van der Waals surface area contributed by atoms with Gasteiger partial charge in [0.05, 0.1) is 3.57 Å². The Morgan fingerprint density at radius 3 is 2.17 bits per heavy atom. The maximum atomic E-state index is 13.2. The fourth-order valence-corrected chi connectivity index (χ4v) is 1.85. The van der Waals surface area contributed by atoms with Gasteiger partial charge in [0.2, 0.25) is 5.91 Å². The molecule has 1 aromatic carbocycles. The topological polar surface area (TPSA) is 66.4 Å². The highest BCUT2D eigenvalue weighted by Crippen LogP contribution is 2.46. The first-order chi connectivity index (χ1) is 8.36. The van der Waals surface area contributed by atoms with Crippen molar-refractivity contribution in [2.75, 3.05) is 5.32 Å². The van der Waals surface area contributed by atoms with Crippen LogP contribution in [0.2, 0.25) is 0 Å². The van der Waals surface area contributed by atoms with Crippen LogP contribution in [0.15, 0.2) is 12.1 Å². The molecule has 7 heteroatoms. The Balaban J connectivity index is 2.20. The number of carboxylic acids is 1.